The van der Waals surface area contributed by atoms with E-state index < -0.39 is 0 Å². The monoisotopic (exact) mass is 265 g/mol. The van der Waals surface area contributed by atoms with Gasteiger partial charge in [0.2, 0.25) is 5.91 Å². The summed E-state index contributed by atoms with van der Waals surface area (Å²) >= 11 is 5.98. The van der Waals surface area contributed by atoms with E-state index >= 15 is 0 Å². The number of rotatable bonds is 5. The Morgan fingerprint density at radius 3 is 3.06 bits per heavy atom. The molecule has 18 heavy (non-hydrogen) atoms. The molecule has 4 nitrogen and oxygen atoms in total. The highest BCUT2D eigenvalue weighted by atomic mass is 35.5. The maximum Gasteiger partial charge on any atom is 0.221 e. The Kier molecular flexibility index (Phi) is 4.23. The number of H-pyrrole nitrogens is 1. The summed E-state index contributed by atoms with van der Waals surface area (Å²) in [5.41, 5.74) is 7.52. The van der Waals surface area contributed by atoms with Crippen LogP contribution in [0.1, 0.15) is 12.0 Å². The van der Waals surface area contributed by atoms with Crippen LogP contribution < -0.4 is 11.1 Å². The van der Waals surface area contributed by atoms with Crippen molar-refractivity contribution in [1.29, 1.82) is 0 Å². The van der Waals surface area contributed by atoms with Crippen LogP contribution in [0.2, 0.25) is 5.02 Å². The minimum Gasteiger partial charge on any atom is -0.361 e. The number of fused-ring (bicyclic) bond motifs is 1. The maximum atomic E-state index is 11.3. The summed E-state index contributed by atoms with van der Waals surface area (Å²) in [7, 11) is 0. The van der Waals surface area contributed by atoms with E-state index in [0.29, 0.717) is 19.5 Å². The molecular formula is C13H16ClN3O. The predicted octanol–water partition coefficient (Wildman–Crippen LogP) is 1.83. The number of aromatic amines is 1. The van der Waals surface area contributed by atoms with Gasteiger partial charge in [-0.05, 0) is 30.2 Å². The van der Waals surface area contributed by atoms with Gasteiger partial charge in [0.1, 0.15) is 0 Å². The van der Waals surface area contributed by atoms with Gasteiger partial charge < -0.3 is 16.0 Å². The summed E-state index contributed by atoms with van der Waals surface area (Å²) in [4.78, 5) is 14.5. The Morgan fingerprint density at radius 1 is 1.44 bits per heavy atom. The summed E-state index contributed by atoms with van der Waals surface area (Å²) in [5.74, 6) is -0.00428. The van der Waals surface area contributed by atoms with E-state index in [9.17, 15) is 4.79 Å². The molecule has 0 atom stereocenters. The molecule has 2 rings (SSSR count). The van der Waals surface area contributed by atoms with E-state index in [1.807, 2.05) is 24.4 Å². The molecule has 0 unspecified atom stereocenters. The predicted molar refractivity (Wildman–Crippen MR) is 73.7 cm³/mol. The third-order valence-electron chi connectivity index (χ3n) is 2.82. The zero-order valence-electron chi connectivity index (χ0n) is 10.0. The van der Waals surface area contributed by atoms with E-state index in [0.717, 1.165) is 27.9 Å². The van der Waals surface area contributed by atoms with Crippen LogP contribution in [0.3, 0.4) is 0 Å². The highest BCUT2D eigenvalue weighted by molar-refractivity contribution is 6.31. The summed E-state index contributed by atoms with van der Waals surface area (Å²) in [6.07, 6.45) is 3.10. The molecule has 2 aromatic rings. The first-order valence-corrected chi connectivity index (χ1v) is 6.31. The number of nitrogens with one attached hydrogen (secondary N) is 2. The molecule has 1 amide bonds. The average molecular weight is 266 g/mol. The SMILES string of the molecule is NCCC(=O)NCCc1c[nH]c2ccc(Cl)cc12. The first-order valence-electron chi connectivity index (χ1n) is 5.93. The van der Waals surface area contributed by atoms with E-state index in [4.69, 9.17) is 17.3 Å². The molecule has 0 fully saturated rings. The van der Waals surface area contributed by atoms with E-state index in [1.54, 1.807) is 0 Å². The second-order valence-corrected chi connectivity index (χ2v) is 4.58. The van der Waals surface area contributed by atoms with Crippen molar-refractivity contribution in [2.75, 3.05) is 13.1 Å². The molecule has 1 aromatic heterocycles. The zero-order valence-corrected chi connectivity index (χ0v) is 10.8. The lowest BCUT2D eigenvalue weighted by Gasteiger charge is -2.03. The molecule has 0 radical (unpaired) electrons. The average Bonchev–Trinajstić information content (AvgIpc) is 2.72. The molecule has 0 saturated carbocycles. The first-order chi connectivity index (χ1) is 8.70. The molecule has 0 saturated heterocycles. The molecule has 0 aliphatic rings. The standard InChI is InChI=1S/C13H16ClN3O/c14-10-1-2-12-11(7-10)9(8-17-12)4-6-16-13(18)3-5-15/h1-2,7-8,17H,3-6,15H2,(H,16,18). The van der Waals surface area contributed by atoms with Gasteiger partial charge in [-0.1, -0.05) is 11.6 Å². The van der Waals surface area contributed by atoms with Crippen molar-refractivity contribution in [3.63, 3.8) is 0 Å². The Hall–Kier alpha value is -1.52. The first kappa shape index (κ1) is 12.9. The van der Waals surface area contributed by atoms with Crippen molar-refractivity contribution in [3.05, 3.63) is 35.0 Å². The zero-order chi connectivity index (χ0) is 13.0. The topological polar surface area (TPSA) is 70.9 Å². The van der Waals surface area contributed by atoms with Gasteiger partial charge >= 0.3 is 0 Å². The molecule has 0 spiro atoms. The highest BCUT2D eigenvalue weighted by Gasteiger charge is 2.05. The number of benzene rings is 1. The van der Waals surface area contributed by atoms with Crippen LogP contribution in [0, 0.1) is 0 Å². The van der Waals surface area contributed by atoms with Crippen molar-refractivity contribution in [3.8, 4) is 0 Å². The third-order valence-corrected chi connectivity index (χ3v) is 3.05. The Labute approximate surface area is 111 Å². The Balaban J connectivity index is 1.99. The van der Waals surface area contributed by atoms with Crippen molar-refractivity contribution < 1.29 is 4.79 Å². The van der Waals surface area contributed by atoms with E-state index in [-0.39, 0.29) is 5.91 Å². The van der Waals surface area contributed by atoms with Gasteiger partial charge in [-0.3, -0.25) is 4.79 Å². The normalized spacial score (nSPS) is 10.8. The fraction of sp³-hybridized carbons (Fsp3) is 0.308. The van der Waals surface area contributed by atoms with Gasteiger partial charge in [0, 0.05) is 41.6 Å². The largest absolute Gasteiger partial charge is 0.361 e. The Bertz CT molecular complexity index is 550. The number of carbonyl (C=O) groups excluding carboxylic acids is 1. The lowest BCUT2D eigenvalue weighted by atomic mass is 10.1. The van der Waals surface area contributed by atoms with Crippen molar-refractivity contribution >= 4 is 28.4 Å². The van der Waals surface area contributed by atoms with Crippen molar-refractivity contribution in [1.82, 2.24) is 10.3 Å². The second-order valence-electron chi connectivity index (χ2n) is 4.14. The van der Waals surface area contributed by atoms with Crippen LogP contribution in [0.25, 0.3) is 10.9 Å². The molecule has 5 heteroatoms. The molecule has 96 valence electrons. The summed E-state index contributed by atoms with van der Waals surface area (Å²) < 4.78 is 0. The van der Waals surface area contributed by atoms with Crippen LogP contribution in [-0.2, 0) is 11.2 Å². The van der Waals surface area contributed by atoms with Gasteiger partial charge in [0.15, 0.2) is 0 Å². The summed E-state index contributed by atoms with van der Waals surface area (Å²) in [5, 5.41) is 4.66. The van der Waals surface area contributed by atoms with Crippen LogP contribution in [-0.4, -0.2) is 24.0 Å². The fourth-order valence-electron chi connectivity index (χ4n) is 1.91. The molecule has 1 aromatic carbocycles. The fourth-order valence-corrected chi connectivity index (χ4v) is 2.09. The number of aromatic nitrogens is 1. The van der Waals surface area contributed by atoms with Crippen LogP contribution >= 0.6 is 11.6 Å². The minimum atomic E-state index is -0.00428. The maximum absolute atomic E-state index is 11.3. The number of hydrogen-bond acceptors (Lipinski definition) is 2. The van der Waals surface area contributed by atoms with Gasteiger partial charge in [0.05, 0.1) is 0 Å². The van der Waals surface area contributed by atoms with Crippen molar-refractivity contribution in [2.45, 2.75) is 12.8 Å². The second kappa shape index (κ2) is 5.89. The molecule has 0 bridgehead atoms. The van der Waals surface area contributed by atoms with E-state index in [2.05, 4.69) is 10.3 Å². The molecule has 1 heterocycles. The smallest absolute Gasteiger partial charge is 0.221 e. The minimum absolute atomic E-state index is 0.00428. The summed E-state index contributed by atoms with van der Waals surface area (Å²) in [6.45, 7) is 0.993. The van der Waals surface area contributed by atoms with Crippen LogP contribution in [0.5, 0.6) is 0 Å². The number of amides is 1. The van der Waals surface area contributed by atoms with Crippen LogP contribution in [0.4, 0.5) is 0 Å². The molecule has 0 aliphatic carbocycles. The van der Waals surface area contributed by atoms with Gasteiger partial charge in [0.25, 0.3) is 0 Å². The lowest BCUT2D eigenvalue weighted by molar-refractivity contribution is -0.120. The Morgan fingerprint density at radius 2 is 2.28 bits per heavy atom. The van der Waals surface area contributed by atoms with Gasteiger partial charge in [-0.25, -0.2) is 0 Å². The van der Waals surface area contributed by atoms with Crippen molar-refractivity contribution in [2.24, 2.45) is 5.73 Å². The lowest BCUT2D eigenvalue weighted by Crippen LogP contribution is -2.27. The molecular weight excluding hydrogens is 250 g/mol. The molecule has 4 N–H and O–H groups in total. The highest BCUT2D eigenvalue weighted by Crippen LogP contribution is 2.22. The third kappa shape index (κ3) is 3.03. The van der Waals surface area contributed by atoms with Crippen LogP contribution in [0.15, 0.2) is 24.4 Å². The van der Waals surface area contributed by atoms with Gasteiger partial charge in [-0.15, -0.1) is 0 Å². The quantitative estimate of drug-likeness (QED) is 0.772. The summed E-state index contributed by atoms with van der Waals surface area (Å²) in [6, 6.07) is 5.74. The van der Waals surface area contributed by atoms with Gasteiger partial charge in [-0.2, -0.15) is 0 Å². The number of carbonyl (C=O) groups is 1. The van der Waals surface area contributed by atoms with E-state index in [1.165, 1.54) is 0 Å². The molecule has 0 aliphatic heterocycles. The number of halogens is 1. The number of hydrogen-bond donors (Lipinski definition) is 3. The number of nitrogens with two attached hydrogens (primary N) is 1.